The molecule has 0 atom stereocenters. The van der Waals surface area contributed by atoms with E-state index in [1.165, 1.54) is 4.90 Å². The van der Waals surface area contributed by atoms with E-state index in [4.69, 9.17) is 19.4 Å². The number of carbonyl (C=O) groups excluding carboxylic acids is 2. The standard InChI is InChI=1S/C17H23NO2.2ClH.Ru/c1-5-7-16(19)18(17(20)11-10-13(2)3)15-9-6-8-14(4)12-15;;;/h4,6,8-9,12-13H,5,7,10-11H2,1-3H3;2*1H;/q;;;+2/p-2. The molecule has 0 N–H and O–H groups in total. The number of anilines is 1. The Labute approximate surface area is 151 Å². The molecule has 0 aliphatic carbocycles. The number of hydrogen-bond acceptors (Lipinski definition) is 2. The van der Waals surface area contributed by atoms with Gasteiger partial charge in [0, 0.05) is 0 Å². The van der Waals surface area contributed by atoms with Crippen LogP contribution in [-0.2, 0) is 23.1 Å². The summed E-state index contributed by atoms with van der Waals surface area (Å²) >= 11 is -1.95. The Morgan fingerprint density at radius 1 is 1.22 bits per heavy atom. The van der Waals surface area contributed by atoms with Gasteiger partial charge in [0.25, 0.3) is 0 Å². The number of rotatable bonds is 7. The Morgan fingerprint density at radius 3 is 2.43 bits per heavy atom. The predicted octanol–water partition coefficient (Wildman–Crippen LogP) is 4.86. The molecule has 1 rings (SSSR count). The zero-order valence-corrected chi connectivity index (χ0v) is 16.9. The van der Waals surface area contributed by atoms with Crippen LogP contribution in [0, 0.1) is 5.92 Å². The average Bonchev–Trinajstić information content (AvgIpc) is 2.45. The predicted molar refractivity (Wildman–Crippen MR) is 94.8 cm³/mol. The second-order valence-corrected chi connectivity index (χ2v) is 11.4. The Kier molecular flexibility index (Phi) is 9.20. The fourth-order valence-corrected chi connectivity index (χ4v) is 3.90. The molecule has 130 valence electrons. The monoisotopic (exact) mass is 445 g/mol. The number of carbonyl (C=O) groups is 2. The van der Waals surface area contributed by atoms with Crippen LogP contribution in [0.3, 0.4) is 0 Å². The summed E-state index contributed by atoms with van der Waals surface area (Å²) in [6, 6.07) is 7.26. The van der Waals surface area contributed by atoms with Crippen molar-refractivity contribution in [1.29, 1.82) is 0 Å². The van der Waals surface area contributed by atoms with Gasteiger partial charge in [-0.2, -0.15) is 0 Å². The van der Waals surface area contributed by atoms with Crippen molar-refractivity contribution in [1.82, 2.24) is 0 Å². The van der Waals surface area contributed by atoms with Crippen molar-refractivity contribution in [3.8, 4) is 0 Å². The van der Waals surface area contributed by atoms with E-state index in [0.717, 1.165) is 12.0 Å². The average molecular weight is 445 g/mol. The van der Waals surface area contributed by atoms with Crippen molar-refractivity contribution >= 4 is 41.5 Å². The number of amides is 2. The first kappa shape index (κ1) is 20.5. The van der Waals surface area contributed by atoms with Gasteiger partial charge in [-0.3, -0.25) is 0 Å². The fraction of sp³-hybridized carbons (Fsp3) is 0.471. The van der Waals surface area contributed by atoms with Crippen LogP contribution in [0.15, 0.2) is 24.3 Å². The molecule has 6 heteroatoms. The van der Waals surface area contributed by atoms with E-state index in [9.17, 15) is 9.59 Å². The zero-order chi connectivity index (χ0) is 17.4. The van der Waals surface area contributed by atoms with E-state index in [2.05, 4.69) is 13.8 Å². The third kappa shape index (κ3) is 7.24. The van der Waals surface area contributed by atoms with E-state index < -0.39 is 13.5 Å². The molecule has 0 aliphatic heterocycles. The summed E-state index contributed by atoms with van der Waals surface area (Å²) in [6.07, 6.45) is 2.18. The summed E-state index contributed by atoms with van der Waals surface area (Å²) in [5, 5.41) is 0. The summed E-state index contributed by atoms with van der Waals surface area (Å²) in [7, 11) is 11.8. The minimum atomic E-state index is -1.95. The molecule has 0 aromatic heterocycles. The molecule has 2 amide bonds. The summed E-state index contributed by atoms with van der Waals surface area (Å²) < 4.78 is 1.80. The first-order valence-electron chi connectivity index (χ1n) is 7.64. The molecule has 0 saturated carbocycles. The third-order valence-corrected chi connectivity index (χ3v) is 5.09. The molecule has 3 nitrogen and oxygen atoms in total. The van der Waals surface area contributed by atoms with Crippen LogP contribution in [0.1, 0.15) is 52.0 Å². The van der Waals surface area contributed by atoms with Crippen LogP contribution in [0.25, 0.3) is 0 Å². The van der Waals surface area contributed by atoms with Crippen molar-refractivity contribution in [3.63, 3.8) is 0 Å². The van der Waals surface area contributed by atoms with E-state index in [1.807, 2.05) is 19.1 Å². The molecule has 1 aromatic rings. The van der Waals surface area contributed by atoms with Crippen LogP contribution in [0.5, 0.6) is 0 Å². The molecule has 0 heterocycles. The van der Waals surface area contributed by atoms with Crippen molar-refractivity contribution < 1.29 is 23.1 Å². The zero-order valence-electron chi connectivity index (χ0n) is 13.7. The van der Waals surface area contributed by atoms with E-state index in [-0.39, 0.29) is 11.8 Å². The normalized spacial score (nSPS) is 11.3. The quantitative estimate of drug-likeness (QED) is 0.563. The molecule has 0 unspecified atom stereocenters. The molecule has 0 spiro atoms. The van der Waals surface area contributed by atoms with Gasteiger partial charge in [0.1, 0.15) is 0 Å². The van der Waals surface area contributed by atoms with E-state index in [0.29, 0.717) is 30.9 Å². The molecule has 0 fully saturated rings. The number of nitrogens with zero attached hydrogens (tertiary/aromatic N) is 1. The van der Waals surface area contributed by atoms with Crippen LogP contribution >= 0.6 is 19.4 Å². The van der Waals surface area contributed by atoms with Gasteiger partial charge < -0.3 is 0 Å². The van der Waals surface area contributed by atoms with Crippen molar-refractivity contribution in [2.45, 2.75) is 46.5 Å². The molecule has 0 bridgehead atoms. The van der Waals surface area contributed by atoms with Gasteiger partial charge in [0.2, 0.25) is 0 Å². The van der Waals surface area contributed by atoms with Gasteiger partial charge >= 0.3 is 152 Å². The Bertz CT molecular complexity index is 584. The SMILES string of the molecule is CCCC(=O)N(C(=O)CCC(C)C)c1cccc([CH]=[Ru]([Cl])[Cl])c1. The second-order valence-electron chi connectivity index (χ2n) is 5.71. The second kappa shape index (κ2) is 10.3. The van der Waals surface area contributed by atoms with Crippen LogP contribution in [0.2, 0.25) is 0 Å². The number of hydrogen-bond donors (Lipinski definition) is 0. The van der Waals surface area contributed by atoms with Crippen molar-refractivity contribution in [2.75, 3.05) is 4.90 Å². The number of halogens is 2. The van der Waals surface area contributed by atoms with Crippen molar-refractivity contribution in [3.05, 3.63) is 29.8 Å². The van der Waals surface area contributed by atoms with Gasteiger partial charge in [-0.15, -0.1) is 0 Å². The minimum absolute atomic E-state index is 0.153. The molecule has 0 saturated heterocycles. The number of benzene rings is 1. The number of imide groups is 1. The first-order chi connectivity index (χ1) is 10.8. The summed E-state index contributed by atoms with van der Waals surface area (Å²) in [5.74, 6) is 0.103. The van der Waals surface area contributed by atoms with Crippen LogP contribution in [0.4, 0.5) is 5.69 Å². The summed E-state index contributed by atoms with van der Waals surface area (Å²) in [6.45, 7) is 6.05. The molecule has 1 aromatic carbocycles. The van der Waals surface area contributed by atoms with Crippen LogP contribution < -0.4 is 4.90 Å². The van der Waals surface area contributed by atoms with Gasteiger partial charge in [0.05, 0.1) is 0 Å². The van der Waals surface area contributed by atoms with Gasteiger partial charge in [-0.25, -0.2) is 0 Å². The van der Waals surface area contributed by atoms with E-state index >= 15 is 0 Å². The first-order valence-corrected chi connectivity index (χ1v) is 13.1. The van der Waals surface area contributed by atoms with Gasteiger partial charge in [-0.05, 0) is 0 Å². The Balaban J connectivity index is 3.11. The van der Waals surface area contributed by atoms with Gasteiger partial charge in [0.15, 0.2) is 0 Å². The summed E-state index contributed by atoms with van der Waals surface area (Å²) in [5.41, 5.74) is 1.44. The molecular formula is C17H23Cl2NO2Ru. The Morgan fingerprint density at radius 2 is 1.87 bits per heavy atom. The maximum atomic E-state index is 12.5. The van der Waals surface area contributed by atoms with Crippen molar-refractivity contribution in [2.24, 2.45) is 5.92 Å². The maximum absolute atomic E-state index is 12.5. The van der Waals surface area contributed by atoms with E-state index in [1.54, 1.807) is 16.7 Å². The Hall–Kier alpha value is -0.567. The molecule has 0 radical (unpaired) electrons. The topological polar surface area (TPSA) is 37.4 Å². The molecular weight excluding hydrogens is 422 g/mol. The molecule has 0 aliphatic rings. The molecule has 23 heavy (non-hydrogen) atoms. The fourth-order valence-electron chi connectivity index (χ4n) is 2.09. The van der Waals surface area contributed by atoms with Crippen LogP contribution in [-0.4, -0.2) is 16.4 Å². The summed E-state index contributed by atoms with van der Waals surface area (Å²) in [4.78, 5) is 26.3. The van der Waals surface area contributed by atoms with Gasteiger partial charge in [-0.1, -0.05) is 0 Å². The third-order valence-electron chi connectivity index (χ3n) is 3.22.